The van der Waals surface area contributed by atoms with E-state index in [2.05, 4.69) is 20.5 Å². The Hall–Kier alpha value is -2.69. The quantitative estimate of drug-likeness (QED) is 0.592. The summed E-state index contributed by atoms with van der Waals surface area (Å²) in [6, 6.07) is 10.0. The van der Waals surface area contributed by atoms with E-state index in [-0.39, 0.29) is 5.91 Å². The van der Waals surface area contributed by atoms with E-state index in [1.54, 1.807) is 18.2 Å². The number of nitrogens with one attached hydrogen (secondary N) is 2. The predicted octanol–water partition coefficient (Wildman–Crippen LogP) is 4.12. The van der Waals surface area contributed by atoms with Gasteiger partial charge in [0.05, 0.1) is 29.0 Å². The van der Waals surface area contributed by atoms with Crippen molar-refractivity contribution in [2.45, 2.75) is 6.18 Å². The van der Waals surface area contributed by atoms with Crippen LogP contribution in [-0.4, -0.2) is 55.2 Å². The Morgan fingerprint density at radius 2 is 1.87 bits per heavy atom. The molecule has 0 saturated carbocycles. The molecule has 1 amide bonds. The van der Waals surface area contributed by atoms with Gasteiger partial charge in [0.15, 0.2) is 5.13 Å². The van der Waals surface area contributed by atoms with E-state index >= 15 is 0 Å². The number of alkyl halides is 3. The van der Waals surface area contributed by atoms with Crippen molar-refractivity contribution in [2.75, 3.05) is 44.7 Å². The first-order valence-corrected chi connectivity index (χ1v) is 10.6. The van der Waals surface area contributed by atoms with Gasteiger partial charge in [0.25, 0.3) is 5.91 Å². The zero-order valence-corrected chi connectivity index (χ0v) is 17.4. The molecule has 31 heavy (non-hydrogen) atoms. The van der Waals surface area contributed by atoms with Crippen molar-refractivity contribution in [3.63, 3.8) is 0 Å². The van der Waals surface area contributed by atoms with Crippen LogP contribution in [-0.2, 0) is 10.9 Å². The molecule has 0 atom stereocenters. The third-order valence-corrected chi connectivity index (χ3v) is 5.87. The number of morpholine rings is 1. The topological polar surface area (TPSA) is 66.5 Å². The van der Waals surface area contributed by atoms with E-state index in [0.29, 0.717) is 28.4 Å². The molecular weight excluding hydrogens is 429 g/mol. The van der Waals surface area contributed by atoms with Crippen LogP contribution < -0.4 is 10.6 Å². The van der Waals surface area contributed by atoms with Crippen LogP contribution in [0, 0.1) is 0 Å². The van der Waals surface area contributed by atoms with Crippen molar-refractivity contribution < 1.29 is 22.7 Å². The minimum Gasteiger partial charge on any atom is -0.379 e. The lowest BCUT2D eigenvalue weighted by atomic mass is 10.2. The molecule has 0 unspecified atom stereocenters. The number of thiazole rings is 1. The number of carbonyl (C=O) groups excluding carboxylic acids is 1. The first-order chi connectivity index (χ1) is 14.9. The molecule has 164 valence electrons. The molecule has 2 heterocycles. The number of amides is 1. The summed E-state index contributed by atoms with van der Waals surface area (Å²) in [5.41, 5.74) is 1.06. The Morgan fingerprint density at radius 1 is 1.13 bits per heavy atom. The number of benzene rings is 2. The average molecular weight is 450 g/mol. The Morgan fingerprint density at radius 3 is 2.58 bits per heavy atom. The first-order valence-electron chi connectivity index (χ1n) is 9.82. The highest BCUT2D eigenvalue weighted by Gasteiger charge is 2.29. The van der Waals surface area contributed by atoms with Crippen LogP contribution in [0.15, 0.2) is 42.5 Å². The first kappa shape index (κ1) is 21.5. The van der Waals surface area contributed by atoms with Gasteiger partial charge in [-0.15, -0.1) is 0 Å². The van der Waals surface area contributed by atoms with Gasteiger partial charge < -0.3 is 15.4 Å². The number of carbonyl (C=O) groups is 1. The maximum absolute atomic E-state index is 12.7. The smallest absolute Gasteiger partial charge is 0.379 e. The second kappa shape index (κ2) is 9.21. The zero-order chi connectivity index (χ0) is 21.8. The van der Waals surface area contributed by atoms with Gasteiger partial charge in [-0.25, -0.2) is 4.98 Å². The van der Waals surface area contributed by atoms with Crippen LogP contribution in [0.3, 0.4) is 0 Å². The lowest BCUT2D eigenvalue weighted by molar-refractivity contribution is -0.137. The molecule has 1 saturated heterocycles. The van der Waals surface area contributed by atoms with Crippen LogP contribution in [0.1, 0.15) is 15.9 Å². The number of hydrogen-bond acceptors (Lipinski definition) is 6. The standard InChI is InChI=1S/C21H21F3N4O2S/c22-21(23,24)15-2-4-16(5-3-15)26-20-27-17-6-1-14(13-18(17)31-20)19(29)25-7-8-28-9-11-30-12-10-28/h1-6,13H,7-12H2,(H,25,29)(H,26,27). The lowest BCUT2D eigenvalue weighted by Gasteiger charge is -2.26. The normalized spacial score (nSPS) is 15.2. The monoisotopic (exact) mass is 450 g/mol. The van der Waals surface area contributed by atoms with E-state index in [4.69, 9.17) is 4.74 Å². The van der Waals surface area contributed by atoms with Crippen LogP contribution in [0.25, 0.3) is 10.2 Å². The van der Waals surface area contributed by atoms with E-state index < -0.39 is 11.7 Å². The Kier molecular flexibility index (Phi) is 6.40. The largest absolute Gasteiger partial charge is 0.416 e. The third kappa shape index (κ3) is 5.52. The maximum atomic E-state index is 12.7. The molecule has 1 aliphatic heterocycles. The molecule has 1 aromatic heterocycles. The summed E-state index contributed by atoms with van der Waals surface area (Å²) < 4.78 is 44.2. The van der Waals surface area contributed by atoms with Gasteiger partial charge in [-0.3, -0.25) is 9.69 Å². The Labute approximate surface area is 181 Å². The minimum absolute atomic E-state index is 0.152. The molecule has 0 radical (unpaired) electrons. The fraction of sp³-hybridized carbons (Fsp3) is 0.333. The predicted molar refractivity (Wildman–Crippen MR) is 114 cm³/mol. The Balaban J connectivity index is 1.37. The molecule has 0 aliphatic carbocycles. The minimum atomic E-state index is -4.37. The molecule has 2 aromatic carbocycles. The summed E-state index contributed by atoms with van der Waals surface area (Å²) in [5.74, 6) is -0.152. The van der Waals surface area contributed by atoms with Gasteiger partial charge in [-0.05, 0) is 42.5 Å². The van der Waals surface area contributed by atoms with E-state index in [1.807, 2.05) is 0 Å². The highest BCUT2D eigenvalue weighted by Crippen LogP contribution is 2.32. The van der Waals surface area contributed by atoms with Gasteiger partial charge in [0.1, 0.15) is 0 Å². The highest BCUT2D eigenvalue weighted by molar-refractivity contribution is 7.22. The maximum Gasteiger partial charge on any atom is 0.416 e. The number of aromatic nitrogens is 1. The van der Waals surface area contributed by atoms with Crippen LogP contribution in [0.2, 0.25) is 0 Å². The van der Waals surface area contributed by atoms with Gasteiger partial charge in [0.2, 0.25) is 0 Å². The lowest BCUT2D eigenvalue weighted by Crippen LogP contribution is -2.41. The molecule has 1 aliphatic rings. The van der Waals surface area contributed by atoms with Gasteiger partial charge in [0, 0.05) is 37.4 Å². The van der Waals surface area contributed by atoms with Crippen molar-refractivity contribution in [3.05, 3.63) is 53.6 Å². The van der Waals surface area contributed by atoms with Gasteiger partial charge in [-0.2, -0.15) is 13.2 Å². The van der Waals surface area contributed by atoms with E-state index in [1.165, 1.54) is 23.5 Å². The molecule has 4 rings (SSSR count). The molecule has 0 bridgehead atoms. The molecule has 2 N–H and O–H groups in total. The van der Waals surface area contributed by atoms with Crippen LogP contribution in [0.4, 0.5) is 24.0 Å². The second-order valence-electron chi connectivity index (χ2n) is 7.11. The fourth-order valence-electron chi connectivity index (χ4n) is 3.24. The molecular formula is C21H21F3N4O2S. The molecule has 0 spiro atoms. The molecule has 3 aromatic rings. The van der Waals surface area contributed by atoms with Gasteiger partial charge in [-0.1, -0.05) is 11.3 Å². The van der Waals surface area contributed by atoms with Crippen LogP contribution >= 0.6 is 11.3 Å². The van der Waals surface area contributed by atoms with Crippen molar-refractivity contribution >= 4 is 38.3 Å². The number of rotatable bonds is 6. The number of fused-ring (bicyclic) bond motifs is 1. The van der Waals surface area contributed by atoms with Crippen molar-refractivity contribution in [1.29, 1.82) is 0 Å². The summed E-state index contributed by atoms with van der Waals surface area (Å²) in [5, 5.41) is 6.49. The molecule has 1 fully saturated rings. The second-order valence-corrected chi connectivity index (χ2v) is 8.14. The van der Waals surface area contributed by atoms with Crippen molar-refractivity contribution in [3.8, 4) is 0 Å². The van der Waals surface area contributed by atoms with E-state index in [9.17, 15) is 18.0 Å². The summed E-state index contributed by atoms with van der Waals surface area (Å²) in [6.07, 6.45) is -4.37. The summed E-state index contributed by atoms with van der Waals surface area (Å²) in [4.78, 5) is 19.1. The highest BCUT2D eigenvalue weighted by atomic mass is 32.1. The number of hydrogen-bond donors (Lipinski definition) is 2. The number of anilines is 2. The Bertz CT molecular complexity index is 1050. The van der Waals surface area contributed by atoms with Crippen molar-refractivity contribution in [1.82, 2.24) is 15.2 Å². The summed E-state index contributed by atoms with van der Waals surface area (Å²) in [6.45, 7) is 4.52. The fourth-order valence-corrected chi connectivity index (χ4v) is 4.17. The average Bonchev–Trinajstić information content (AvgIpc) is 3.15. The van der Waals surface area contributed by atoms with Crippen molar-refractivity contribution in [2.24, 2.45) is 0 Å². The van der Waals surface area contributed by atoms with Gasteiger partial charge >= 0.3 is 6.18 Å². The number of ether oxygens (including phenoxy) is 1. The number of halogens is 3. The summed E-state index contributed by atoms with van der Waals surface area (Å²) in [7, 11) is 0. The molecule has 10 heteroatoms. The molecule has 6 nitrogen and oxygen atoms in total. The number of nitrogens with zero attached hydrogens (tertiary/aromatic N) is 2. The SMILES string of the molecule is O=C(NCCN1CCOCC1)c1ccc2nc(Nc3ccc(C(F)(F)F)cc3)sc2c1. The summed E-state index contributed by atoms with van der Waals surface area (Å²) >= 11 is 1.33. The van der Waals surface area contributed by atoms with Crippen LogP contribution in [0.5, 0.6) is 0 Å². The third-order valence-electron chi connectivity index (χ3n) is 4.93. The zero-order valence-electron chi connectivity index (χ0n) is 16.5. The van der Waals surface area contributed by atoms with E-state index in [0.717, 1.165) is 49.7 Å².